The van der Waals surface area contributed by atoms with E-state index in [1.165, 1.54) is 5.56 Å². The molecule has 1 atom stereocenters. The van der Waals surface area contributed by atoms with Crippen molar-refractivity contribution >= 4 is 5.91 Å². The van der Waals surface area contributed by atoms with Crippen LogP contribution in [0.2, 0.25) is 0 Å². The molecule has 140 valence electrons. The average molecular weight is 363 g/mol. The molecule has 2 aromatic carbocycles. The highest BCUT2D eigenvalue weighted by molar-refractivity contribution is 5.91. The zero-order valence-corrected chi connectivity index (χ0v) is 15.9. The summed E-state index contributed by atoms with van der Waals surface area (Å²) >= 11 is 0. The minimum atomic E-state index is -0.289. The smallest absolute Gasteiger partial charge is 0.273 e. The Morgan fingerprint density at radius 3 is 2.52 bits per heavy atom. The number of benzene rings is 2. The van der Waals surface area contributed by atoms with Crippen LogP contribution in [0, 0.1) is 6.92 Å². The minimum Gasteiger partial charge on any atom is -0.349 e. The second-order valence-electron chi connectivity index (χ2n) is 7.03. The topological polar surface area (TPSA) is 85.8 Å². The predicted octanol–water partition coefficient (Wildman–Crippen LogP) is 3.13. The first kappa shape index (κ1) is 18.8. The summed E-state index contributed by atoms with van der Waals surface area (Å²) in [5, 5.41) is 10.8. The molecule has 1 unspecified atom stereocenters. The van der Waals surface area contributed by atoms with E-state index in [9.17, 15) is 4.79 Å². The van der Waals surface area contributed by atoms with E-state index >= 15 is 0 Å². The minimum absolute atomic E-state index is 0.263. The summed E-state index contributed by atoms with van der Waals surface area (Å²) in [6.45, 7) is 6.64. The number of nitrogens with two attached hydrogens (primary N) is 1. The highest BCUT2D eigenvalue weighted by Gasteiger charge is 2.14. The largest absolute Gasteiger partial charge is 0.349 e. The Morgan fingerprint density at radius 1 is 1.15 bits per heavy atom. The van der Waals surface area contributed by atoms with Gasteiger partial charge in [-0.05, 0) is 41.7 Å². The number of aryl methyl sites for hydroxylation is 1. The van der Waals surface area contributed by atoms with Gasteiger partial charge in [0.1, 0.15) is 0 Å². The van der Waals surface area contributed by atoms with Gasteiger partial charge in [-0.3, -0.25) is 4.79 Å². The van der Waals surface area contributed by atoms with Gasteiger partial charge >= 0.3 is 0 Å². The maximum Gasteiger partial charge on any atom is 0.273 e. The van der Waals surface area contributed by atoms with Crippen LogP contribution in [0.1, 0.15) is 53.0 Å². The summed E-state index contributed by atoms with van der Waals surface area (Å²) in [5.74, 6) is 0.189. The van der Waals surface area contributed by atoms with Crippen molar-refractivity contribution < 1.29 is 4.79 Å². The maximum absolute atomic E-state index is 12.4. The van der Waals surface area contributed by atoms with E-state index in [1.54, 1.807) is 10.9 Å². The highest BCUT2D eigenvalue weighted by Crippen LogP contribution is 2.17. The Balaban J connectivity index is 1.61. The summed E-state index contributed by atoms with van der Waals surface area (Å²) in [7, 11) is 0. The SMILES string of the molecule is Cc1cccc(-n2cc(C(=O)NCC(N)c3ccc(C(C)C)cc3)nn2)c1. The fourth-order valence-corrected chi connectivity index (χ4v) is 2.80. The molecule has 3 aromatic rings. The number of hydrogen-bond acceptors (Lipinski definition) is 4. The van der Waals surface area contributed by atoms with Gasteiger partial charge in [-0.2, -0.15) is 0 Å². The van der Waals surface area contributed by atoms with Crippen molar-refractivity contribution in [1.82, 2.24) is 20.3 Å². The van der Waals surface area contributed by atoms with Crippen molar-refractivity contribution in [2.45, 2.75) is 32.7 Å². The van der Waals surface area contributed by atoms with Crippen LogP contribution in [0.15, 0.2) is 54.7 Å². The van der Waals surface area contributed by atoms with Gasteiger partial charge in [0.2, 0.25) is 0 Å². The fraction of sp³-hybridized carbons (Fsp3) is 0.286. The molecule has 0 fully saturated rings. The van der Waals surface area contributed by atoms with Crippen LogP contribution in [-0.2, 0) is 0 Å². The zero-order chi connectivity index (χ0) is 19.4. The molecule has 3 N–H and O–H groups in total. The molecule has 0 aliphatic carbocycles. The van der Waals surface area contributed by atoms with Crippen LogP contribution in [0.25, 0.3) is 5.69 Å². The van der Waals surface area contributed by atoms with E-state index < -0.39 is 0 Å². The highest BCUT2D eigenvalue weighted by atomic mass is 16.2. The monoisotopic (exact) mass is 363 g/mol. The first-order chi connectivity index (χ1) is 12.9. The summed E-state index contributed by atoms with van der Waals surface area (Å²) in [6.07, 6.45) is 1.62. The van der Waals surface area contributed by atoms with Crippen molar-refractivity contribution in [3.8, 4) is 5.69 Å². The van der Waals surface area contributed by atoms with E-state index in [1.807, 2.05) is 43.3 Å². The van der Waals surface area contributed by atoms with Gasteiger partial charge in [-0.25, -0.2) is 4.68 Å². The third kappa shape index (κ3) is 4.60. The van der Waals surface area contributed by atoms with Crippen LogP contribution in [0.5, 0.6) is 0 Å². The van der Waals surface area contributed by atoms with Gasteiger partial charge in [0.25, 0.3) is 5.91 Å². The normalized spacial score (nSPS) is 12.2. The molecule has 0 radical (unpaired) electrons. The quantitative estimate of drug-likeness (QED) is 0.704. The van der Waals surface area contributed by atoms with Crippen molar-refractivity contribution in [2.75, 3.05) is 6.54 Å². The third-order valence-electron chi connectivity index (χ3n) is 4.51. The summed E-state index contributed by atoms with van der Waals surface area (Å²) < 4.78 is 1.59. The van der Waals surface area contributed by atoms with Gasteiger partial charge in [-0.15, -0.1) is 5.10 Å². The van der Waals surface area contributed by atoms with E-state index in [4.69, 9.17) is 5.73 Å². The Bertz CT molecular complexity index is 914. The Labute approximate surface area is 159 Å². The number of aromatic nitrogens is 3. The second-order valence-corrected chi connectivity index (χ2v) is 7.03. The van der Waals surface area contributed by atoms with E-state index in [-0.39, 0.29) is 17.6 Å². The molecule has 0 bridgehead atoms. The second kappa shape index (κ2) is 8.14. The Morgan fingerprint density at radius 2 is 1.85 bits per heavy atom. The molecular formula is C21H25N5O. The molecule has 1 amide bonds. The van der Waals surface area contributed by atoms with Crippen LogP contribution in [0.4, 0.5) is 0 Å². The lowest BCUT2D eigenvalue weighted by atomic mass is 9.99. The van der Waals surface area contributed by atoms with Gasteiger partial charge in [0.15, 0.2) is 5.69 Å². The Kier molecular flexibility index (Phi) is 5.66. The lowest BCUT2D eigenvalue weighted by Gasteiger charge is -2.14. The molecule has 6 nitrogen and oxygen atoms in total. The van der Waals surface area contributed by atoms with Crippen LogP contribution in [0.3, 0.4) is 0 Å². The molecule has 3 rings (SSSR count). The zero-order valence-electron chi connectivity index (χ0n) is 15.9. The lowest BCUT2D eigenvalue weighted by Crippen LogP contribution is -2.32. The van der Waals surface area contributed by atoms with E-state index in [2.05, 4.69) is 41.6 Å². The first-order valence-electron chi connectivity index (χ1n) is 9.07. The lowest BCUT2D eigenvalue weighted by molar-refractivity contribution is 0.0946. The predicted molar refractivity (Wildman–Crippen MR) is 106 cm³/mol. The third-order valence-corrected chi connectivity index (χ3v) is 4.51. The summed E-state index contributed by atoms with van der Waals surface area (Å²) in [5.41, 5.74) is 10.7. The molecule has 0 saturated carbocycles. The summed E-state index contributed by atoms with van der Waals surface area (Å²) in [6, 6.07) is 15.7. The fourth-order valence-electron chi connectivity index (χ4n) is 2.80. The number of carbonyl (C=O) groups is 1. The average Bonchev–Trinajstić information content (AvgIpc) is 3.16. The Hall–Kier alpha value is -2.99. The molecule has 1 aromatic heterocycles. The number of hydrogen-bond donors (Lipinski definition) is 2. The van der Waals surface area contributed by atoms with Crippen molar-refractivity contribution in [1.29, 1.82) is 0 Å². The summed E-state index contributed by atoms with van der Waals surface area (Å²) in [4.78, 5) is 12.4. The standard InChI is InChI=1S/C21H25N5O/c1-14(2)16-7-9-17(10-8-16)19(22)12-23-21(27)20-13-26(25-24-20)18-6-4-5-15(3)11-18/h4-11,13-14,19H,12,22H2,1-3H3,(H,23,27). The first-order valence-corrected chi connectivity index (χ1v) is 9.07. The molecular weight excluding hydrogens is 338 g/mol. The van der Waals surface area contributed by atoms with Crippen molar-refractivity contribution in [3.05, 3.63) is 77.1 Å². The van der Waals surface area contributed by atoms with Gasteiger partial charge < -0.3 is 11.1 Å². The maximum atomic E-state index is 12.4. The van der Waals surface area contributed by atoms with Gasteiger partial charge in [0, 0.05) is 12.6 Å². The number of nitrogens with one attached hydrogen (secondary N) is 1. The number of carbonyl (C=O) groups excluding carboxylic acids is 1. The number of rotatable bonds is 6. The van der Waals surface area contributed by atoms with Crippen LogP contribution >= 0.6 is 0 Å². The van der Waals surface area contributed by atoms with Crippen LogP contribution < -0.4 is 11.1 Å². The van der Waals surface area contributed by atoms with Gasteiger partial charge in [-0.1, -0.05) is 55.5 Å². The molecule has 27 heavy (non-hydrogen) atoms. The molecule has 1 heterocycles. The molecule has 0 aliphatic heterocycles. The van der Waals surface area contributed by atoms with E-state index in [0.717, 1.165) is 16.8 Å². The number of nitrogens with zero attached hydrogens (tertiary/aromatic N) is 3. The van der Waals surface area contributed by atoms with Crippen molar-refractivity contribution in [3.63, 3.8) is 0 Å². The number of amides is 1. The molecule has 0 saturated heterocycles. The van der Waals surface area contributed by atoms with Gasteiger partial charge in [0.05, 0.1) is 11.9 Å². The molecule has 6 heteroatoms. The molecule has 0 spiro atoms. The van der Waals surface area contributed by atoms with Crippen LogP contribution in [-0.4, -0.2) is 27.4 Å². The molecule has 0 aliphatic rings. The van der Waals surface area contributed by atoms with Crippen molar-refractivity contribution in [2.24, 2.45) is 5.73 Å². The van der Waals surface area contributed by atoms with E-state index in [0.29, 0.717) is 12.5 Å².